The largest absolute Gasteiger partial charge is 0.466 e. The Morgan fingerprint density at radius 3 is 1.88 bits per heavy atom. The number of ether oxygens (including phenoxy) is 1. The highest BCUT2D eigenvalue weighted by molar-refractivity contribution is 7.45. The minimum atomic E-state index is -4.64. The number of allylic oxidation sites excluding steroid dienone is 9. The molecule has 248 valence electrons. The van der Waals surface area contributed by atoms with Crippen LogP contribution in [0.3, 0.4) is 0 Å². The third-order valence-corrected chi connectivity index (χ3v) is 7.91. The number of rotatable bonds is 20. The maximum atomic E-state index is 12.0. The Morgan fingerprint density at radius 2 is 1.37 bits per heavy atom. The fourth-order valence-corrected chi connectivity index (χ4v) is 5.33. The number of hydrogen-bond acceptors (Lipinski definition) is 3. The number of phosphoric acid groups is 1. The Morgan fingerprint density at radius 1 is 0.860 bits per heavy atom. The van der Waals surface area contributed by atoms with E-state index in [1.807, 2.05) is 6.08 Å². The van der Waals surface area contributed by atoms with Gasteiger partial charge in [-0.05, 0) is 63.5 Å². The van der Waals surface area contributed by atoms with Crippen molar-refractivity contribution in [3.63, 3.8) is 0 Å². The van der Waals surface area contributed by atoms with Crippen LogP contribution >= 0.6 is 7.82 Å². The monoisotopic (exact) mass is 622 g/mol. The van der Waals surface area contributed by atoms with Crippen LogP contribution in [-0.2, 0) is 14.1 Å². The Balaban J connectivity index is 0.00000324. The van der Waals surface area contributed by atoms with Gasteiger partial charge in [-0.2, -0.15) is 0 Å². The highest BCUT2D eigenvalue weighted by atomic mass is 31.2. The van der Waals surface area contributed by atoms with Gasteiger partial charge in [-0.1, -0.05) is 145 Å². The third-order valence-electron chi connectivity index (χ3n) is 7.91. The van der Waals surface area contributed by atoms with Gasteiger partial charge in [-0.25, -0.2) is 4.57 Å². The average molecular weight is 623 g/mol. The molecular weight excluding hydrogens is 559 g/mol. The van der Waals surface area contributed by atoms with E-state index in [0.717, 1.165) is 18.4 Å². The van der Waals surface area contributed by atoms with Crippen LogP contribution in [0.25, 0.3) is 0 Å². The predicted molar refractivity (Wildman–Crippen MR) is 182 cm³/mol. The van der Waals surface area contributed by atoms with Crippen LogP contribution in [0.5, 0.6) is 0 Å². The van der Waals surface area contributed by atoms with E-state index >= 15 is 0 Å². The average Bonchev–Trinajstić information content (AvgIpc) is 2.89. The highest BCUT2D eigenvalue weighted by Gasteiger charge is 2.26. The molecule has 0 unspecified atom stereocenters. The minimum absolute atomic E-state index is 0.0720. The lowest BCUT2D eigenvalue weighted by Gasteiger charge is -2.32. The molecule has 0 fully saturated rings. The van der Waals surface area contributed by atoms with E-state index in [9.17, 15) is 4.79 Å². The molecule has 0 aromatic carbocycles. The Hall–Kier alpha value is -1.72. The molecular formula is C36H63O6P. The highest BCUT2D eigenvalue weighted by Crippen LogP contribution is 2.40. The molecule has 0 aliphatic heterocycles. The molecule has 3 N–H and O–H groups in total. The van der Waals surface area contributed by atoms with E-state index < -0.39 is 7.82 Å². The quantitative estimate of drug-likeness (QED) is 0.0540. The van der Waals surface area contributed by atoms with Crippen LogP contribution < -0.4 is 0 Å². The molecule has 43 heavy (non-hydrogen) atoms. The van der Waals surface area contributed by atoms with Crippen LogP contribution in [0.4, 0.5) is 0 Å². The molecule has 0 radical (unpaired) electrons. The normalized spacial score (nSPS) is 16.1. The maximum absolute atomic E-state index is 12.0. The summed E-state index contributed by atoms with van der Waals surface area (Å²) < 4.78 is 14.3. The predicted octanol–water partition coefficient (Wildman–Crippen LogP) is 10.6. The van der Waals surface area contributed by atoms with Crippen molar-refractivity contribution in [3.05, 3.63) is 58.7 Å². The summed E-state index contributed by atoms with van der Waals surface area (Å²) in [4.78, 5) is 33.6. The summed E-state index contributed by atoms with van der Waals surface area (Å²) in [5.74, 6) is -0.0720. The summed E-state index contributed by atoms with van der Waals surface area (Å²) in [6.45, 7) is 13.8. The lowest BCUT2D eigenvalue weighted by atomic mass is 9.72. The molecule has 1 aliphatic rings. The van der Waals surface area contributed by atoms with E-state index in [0.29, 0.717) is 13.0 Å². The van der Waals surface area contributed by atoms with Gasteiger partial charge in [0, 0.05) is 6.42 Å². The van der Waals surface area contributed by atoms with E-state index in [1.165, 1.54) is 107 Å². The first-order valence-corrected chi connectivity index (χ1v) is 18.2. The minimum Gasteiger partial charge on any atom is -0.461 e. The van der Waals surface area contributed by atoms with Crippen molar-refractivity contribution < 1.29 is 28.8 Å². The van der Waals surface area contributed by atoms with E-state index in [1.54, 1.807) is 0 Å². The molecule has 0 saturated carbocycles. The van der Waals surface area contributed by atoms with E-state index in [2.05, 4.69) is 71.9 Å². The SMILES string of the molecule is CCCCCCCCCCCCCCCC(=O)OC/C=C(C)/C=C/C=C(C)/C=C/C1=C(C)CCCC1(C)C.O=P(O)(O)O. The van der Waals surface area contributed by atoms with Crippen molar-refractivity contribution in [2.24, 2.45) is 5.41 Å². The zero-order chi connectivity index (χ0) is 32.6. The molecule has 1 rings (SSSR count). The molecule has 0 atom stereocenters. The fourth-order valence-electron chi connectivity index (χ4n) is 5.33. The zero-order valence-electron chi connectivity index (χ0n) is 28.2. The Labute approximate surface area is 263 Å². The lowest BCUT2D eigenvalue weighted by molar-refractivity contribution is -0.142. The summed E-state index contributed by atoms with van der Waals surface area (Å²) in [6.07, 6.45) is 34.3. The van der Waals surface area contributed by atoms with E-state index in [4.69, 9.17) is 24.0 Å². The van der Waals surface area contributed by atoms with Crippen molar-refractivity contribution in [1.29, 1.82) is 0 Å². The Bertz CT molecular complexity index is 956. The molecule has 0 bridgehead atoms. The Kier molecular flexibility index (Phi) is 23.6. The molecule has 0 spiro atoms. The van der Waals surface area contributed by atoms with E-state index in [-0.39, 0.29) is 11.4 Å². The van der Waals surface area contributed by atoms with Crippen molar-refractivity contribution in [3.8, 4) is 0 Å². The lowest BCUT2D eigenvalue weighted by Crippen LogP contribution is -2.19. The summed E-state index contributed by atoms with van der Waals surface area (Å²) in [7, 11) is -4.64. The first-order chi connectivity index (χ1) is 20.3. The second-order valence-electron chi connectivity index (χ2n) is 12.7. The van der Waals surface area contributed by atoms with Gasteiger partial charge in [0.25, 0.3) is 0 Å². The molecule has 0 heterocycles. The summed E-state index contributed by atoms with van der Waals surface area (Å²) in [6, 6.07) is 0. The molecule has 0 saturated heterocycles. The van der Waals surface area contributed by atoms with Crippen LogP contribution in [0.15, 0.2) is 58.7 Å². The van der Waals surface area contributed by atoms with Crippen LogP contribution in [0, 0.1) is 5.41 Å². The van der Waals surface area contributed by atoms with Crippen molar-refractivity contribution in [2.75, 3.05) is 6.61 Å². The first-order valence-electron chi connectivity index (χ1n) is 16.6. The van der Waals surface area contributed by atoms with Gasteiger partial charge >= 0.3 is 13.8 Å². The van der Waals surface area contributed by atoms with Gasteiger partial charge in [-0.15, -0.1) is 0 Å². The molecule has 0 aromatic heterocycles. The molecule has 0 amide bonds. The zero-order valence-corrected chi connectivity index (χ0v) is 29.1. The molecule has 6 nitrogen and oxygen atoms in total. The van der Waals surface area contributed by atoms with Gasteiger partial charge in [0.15, 0.2) is 0 Å². The fraction of sp³-hybridized carbons (Fsp3) is 0.694. The molecule has 1 aliphatic carbocycles. The summed E-state index contributed by atoms with van der Waals surface area (Å²) in [5.41, 5.74) is 5.65. The van der Waals surface area contributed by atoms with Crippen LogP contribution in [0.2, 0.25) is 0 Å². The van der Waals surface area contributed by atoms with Gasteiger partial charge < -0.3 is 19.4 Å². The second-order valence-corrected chi connectivity index (χ2v) is 13.7. The number of carbonyl (C=O) groups excluding carboxylic acids is 1. The topological polar surface area (TPSA) is 104 Å². The van der Waals surface area contributed by atoms with Gasteiger partial charge in [-0.3, -0.25) is 4.79 Å². The van der Waals surface area contributed by atoms with Gasteiger partial charge in [0.1, 0.15) is 6.61 Å². The summed E-state index contributed by atoms with van der Waals surface area (Å²) in [5, 5.41) is 0. The van der Waals surface area contributed by atoms with Crippen molar-refractivity contribution >= 4 is 13.8 Å². The maximum Gasteiger partial charge on any atom is 0.466 e. The van der Waals surface area contributed by atoms with Crippen LogP contribution in [-0.4, -0.2) is 27.3 Å². The van der Waals surface area contributed by atoms with Gasteiger partial charge in [0.2, 0.25) is 0 Å². The molecule has 7 heteroatoms. The standard InChI is InChI=1S/C36H60O2.H3O4P/c1-7-8-9-10-11-12-13-14-15-16-17-18-19-25-35(37)38-30-28-32(3)23-20-22-31(2)26-27-34-33(4)24-21-29-36(34,5)6;1-5(2,3)4/h20,22-23,26-28H,7-19,21,24-25,29-30H2,1-6H3;(H3,1,2,3,4)/b23-20+,27-26+,31-22+,32-28+;. The van der Waals surface area contributed by atoms with Crippen molar-refractivity contribution in [2.45, 2.75) is 151 Å². The number of esters is 1. The number of carbonyl (C=O) groups is 1. The molecule has 0 aromatic rings. The first kappa shape index (κ1) is 41.3. The van der Waals surface area contributed by atoms with Crippen LogP contribution in [0.1, 0.15) is 151 Å². The second kappa shape index (κ2) is 24.6. The summed E-state index contributed by atoms with van der Waals surface area (Å²) >= 11 is 0. The number of unbranched alkanes of at least 4 members (excludes halogenated alkanes) is 12. The smallest absolute Gasteiger partial charge is 0.461 e. The van der Waals surface area contributed by atoms with Gasteiger partial charge in [0.05, 0.1) is 0 Å². The number of hydrogen-bond donors (Lipinski definition) is 3. The van der Waals surface area contributed by atoms with Crippen molar-refractivity contribution in [1.82, 2.24) is 0 Å². The third kappa shape index (κ3) is 26.4.